The summed E-state index contributed by atoms with van der Waals surface area (Å²) in [6, 6.07) is 14.6. The minimum Gasteiger partial charge on any atom is -0.315 e. The molecule has 8 heteroatoms. The molecule has 0 fully saturated rings. The van der Waals surface area contributed by atoms with Crippen molar-refractivity contribution in [2.45, 2.75) is 53.4 Å². The Morgan fingerprint density at radius 2 is 1.69 bits per heavy atom. The van der Waals surface area contributed by atoms with Crippen molar-refractivity contribution in [1.29, 1.82) is 0 Å². The number of carbonyl (C=O) groups excluding carboxylic acids is 2. The lowest BCUT2D eigenvalue weighted by molar-refractivity contribution is -0.116. The Morgan fingerprint density at radius 3 is 2.29 bits per heavy atom. The van der Waals surface area contributed by atoms with Gasteiger partial charge in [0.25, 0.3) is 0 Å². The number of nitrogens with zero attached hydrogens (tertiary/aromatic N) is 3. The molecule has 2 N–H and O–H groups in total. The maximum atomic E-state index is 13.1. The van der Waals surface area contributed by atoms with Gasteiger partial charge in [-0.2, -0.15) is 5.10 Å². The molecule has 0 aliphatic heterocycles. The van der Waals surface area contributed by atoms with E-state index in [2.05, 4.69) is 31.4 Å². The number of amides is 3. The first-order valence-electron chi connectivity index (χ1n) is 11.8. The molecule has 0 saturated heterocycles. The molecule has 0 aliphatic carbocycles. The van der Waals surface area contributed by atoms with Gasteiger partial charge in [-0.25, -0.2) is 9.48 Å². The summed E-state index contributed by atoms with van der Waals surface area (Å²) in [5.41, 5.74) is 4.35. The van der Waals surface area contributed by atoms with Crippen molar-refractivity contribution in [3.63, 3.8) is 0 Å². The van der Waals surface area contributed by atoms with Crippen LogP contribution in [0.1, 0.15) is 50.9 Å². The van der Waals surface area contributed by atoms with E-state index in [1.807, 2.05) is 57.2 Å². The Labute approximate surface area is 212 Å². The maximum Gasteiger partial charge on any atom is 0.322 e. The molecule has 2 aromatic carbocycles. The molecule has 1 heterocycles. The van der Waals surface area contributed by atoms with Crippen LogP contribution in [0.25, 0.3) is 5.69 Å². The zero-order chi connectivity index (χ0) is 25.8. The van der Waals surface area contributed by atoms with Crippen LogP contribution in [-0.2, 0) is 10.2 Å². The van der Waals surface area contributed by atoms with Crippen LogP contribution >= 0.6 is 11.6 Å². The fourth-order valence-electron chi connectivity index (χ4n) is 3.52. The number of hydrogen-bond acceptors (Lipinski definition) is 3. The smallest absolute Gasteiger partial charge is 0.315 e. The molecule has 3 rings (SSSR count). The lowest BCUT2D eigenvalue weighted by atomic mass is 9.92. The van der Waals surface area contributed by atoms with Crippen LogP contribution in [0.4, 0.5) is 16.3 Å². The van der Waals surface area contributed by atoms with Gasteiger partial charge in [0.15, 0.2) is 0 Å². The highest BCUT2D eigenvalue weighted by atomic mass is 35.5. The SMILES string of the molecule is CCCN(CC(=O)Nc1cc(C(C)(C)C)nn1-c1ccc(Cl)cc1)C(=O)Nc1ccc(C)c(C)c1. The number of rotatable bonds is 7. The Balaban J connectivity index is 1.79. The van der Waals surface area contributed by atoms with Gasteiger partial charge in [-0.15, -0.1) is 0 Å². The number of aromatic nitrogens is 2. The number of benzene rings is 2. The maximum absolute atomic E-state index is 13.1. The number of nitrogens with one attached hydrogen (secondary N) is 2. The molecule has 7 nitrogen and oxygen atoms in total. The molecule has 0 spiro atoms. The zero-order valence-electron chi connectivity index (χ0n) is 21.3. The number of aryl methyl sites for hydroxylation is 2. The summed E-state index contributed by atoms with van der Waals surface area (Å²) in [4.78, 5) is 27.5. The van der Waals surface area contributed by atoms with Crippen molar-refractivity contribution >= 4 is 35.0 Å². The van der Waals surface area contributed by atoms with E-state index in [4.69, 9.17) is 16.7 Å². The second-order valence-electron chi connectivity index (χ2n) is 9.75. The second kappa shape index (κ2) is 11.0. The lowest BCUT2D eigenvalue weighted by Gasteiger charge is -2.22. The first-order valence-corrected chi connectivity index (χ1v) is 12.1. The van der Waals surface area contributed by atoms with Gasteiger partial charge in [-0.1, -0.05) is 45.4 Å². The van der Waals surface area contributed by atoms with E-state index in [0.717, 1.165) is 28.9 Å². The van der Waals surface area contributed by atoms with E-state index >= 15 is 0 Å². The third kappa shape index (κ3) is 6.85. The molecule has 0 radical (unpaired) electrons. The molecular weight excluding hydrogens is 462 g/mol. The fourth-order valence-corrected chi connectivity index (χ4v) is 3.64. The van der Waals surface area contributed by atoms with Crippen LogP contribution in [0, 0.1) is 13.8 Å². The summed E-state index contributed by atoms with van der Waals surface area (Å²) in [7, 11) is 0. The quantitative estimate of drug-likeness (QED) is 0.402. The zero-order valence-corrected chi connectivity index (χ0v) is 22.0. The van der Waals surface area contributed by atoms with Gasteiger partial charge >= 0.3 is 6.03 Å². The van der Waals surface area contributed by atoms with Crippen LogP contribution in [0.3, 0.4) is 0 Å². The van der Waals surface area contributed by atoms with Gasteiger partial charge in [0.05, 0.1) is 11.4 Å². The van der Waals surface area contributed by atoms with Crippen molar-refractivity contribution in [3.8, 4) is 5.69 Å². The summed E-state index contributed by atoms with van der Waals surface area (Å²) >= 11 is 6.05. The predicted molar refractivity (Wildman–Crippen MR) is 143 cm³/mol. The average molecular weight is 496 g/mol. The van der Waals surface area contributed by atoms with E-state index in [1.165, 1.54) is 4.90 Å². The molecule has 1 aromatic heterocycles. The van der Waals surface area contributed by atoms with Crippen LogP contribution in [0.15, 0.2) is 48.5 Å². The molecule has 0 bridgehead atoms. The first-order chi connectivity index (χ1) is 16.5. The Bertz CT molecular complexity index is 1200. The molecule has 35 heavy (non-hydrogen) atoms. The van der Waals surface area contributed by atoms with Crippen molar-refractivity contribution in [2.75, 3.05) is 23.7 Å². The molecule has 0 atom stereocenters. The van der Waals surface area contributed by atoms with Crippen LogP contribution in [-0.4, -0.2) is 39.7 Å². The molecule has 186 valence electrons. The molecule has 0 saturated carbocycles. The summed E-state index contributed by atoms with van der Waals surface area (Å²) in [6.45, 7) is 12.6. The molecular formula is C27H34ClN5O2. The fraction of sp³-hybridized carbons (Fsp3) is 0.370. The summed E-state index contributed by atoms with van der Waals surface area (Å²) < 4.78 is 1.69. The largest absolute Gasteiger partial charge is 0.322 e. The van der Waals surface area contributed by atoms with E-state index < -0.39 is 0 Å². The Morgan fingerprint density at radius 1 is 1.00 bits per heavy atom. The Kier molecular flexibility index (Phi) is 8.22. The second-order valence-corrected chi connectivity index (χ2v) is 10.2. The third-order valence-electron chi connectivity index (χ3n) is 5.69. The van der Waals surface area contributed by atoms with Gasteiger partial charge < -0.3 is 15.5 Å². The molecule has 0 aliphatic rings. The number of carbonyl (C=O) groups is 2. The molecule has 3 amide bonds. The van der Waals surface area contributed by atoms with Crippen LogP contribution < -0.4 is 10.6 Å². The van der Waals surface area contributed by atoms with Gasteiger partial charge in [-0.05, 0) is 67.8 Å². The standard InChI is InChI=1S/C27H34ClN5O2/c1-7-14-32(26(35)29-21-11-8-18(2)19(3)15-21)17-25(34)30-24-16-23(27(4,5)6)31-33(24)22-12-9-20(28)10-13-22/h8-13,15-16H,7,14,17H2,1-6H3,(H,29,35)(H,30,34). The van der Waals surface area contributed by atoms with Gasteiger partial charge in [0.2, 0.25) is 5.91 Å². The van der Waals surface area contributed by atoms with Crippen molar-refractivity contribution in [3.05, 3.63) is 70.4 Å². The predicted octanol–water partition coefficient (Wildman–Crippen LogP) is 6.32. The van der Waals surface area contributed by atoms with E-state index in [-0.39, 0.29) is 23.9 Å². The van der Waals surface area contributed by atoms with Crippen LogP contribution in [0.2, 0.25) is 5.02 Å². The molecule has 0 unspecified atom stereocenters. The summed E-state index contributed by atoms with van der Waals surface area (Å²) in [6.07, 6.45) is 0.727. The highest BCUT2D eigenvalue weighted by Crippen LogP contribution is 2.27. The third-order valence-corrected chi connectivity index (χ3v) is 5.94. The van der Waals surface area contributed by atoms with Crippen LogP contribution in [0.5, 0.6) is 0 Å². The highest BCUT2D eigenvalue weighted by Gasteiger charge is 2.23. The van der Waals surface area contributed by atoms with E-state index in [1.54, 1.807) is 16.8 Å². The highest BCUT2D eigenvalue weighted by molar-refractivity contribution is 6.30. The monoisotopic (exact) mass is 495 g/mol. The summed E-state index contributed by atoms with van der Waals surface area (Å²) in [5, 5.41) is 11.2. The Hall–Kier alpha value is -3.32. The normalized spacial score (nSPS) is 11.3. The van der Waals surface area contributed by atoms with E-state index in [9.17, 15) is 9.59 Å². The van der Waals surface area contributed by atoms with Crippen molar-refractivity contribution < 1.29 is 9.59 Å². The number of halogens is 1. The van der Waals surface area contributed by atoms with Crippen molar-refractivity contribution in [1.82, 2.24) is 14.7 Å². The van der Waals surface area contributed by atoms with Gasteiger partial charge in [0, 0.05) is 28.7 Å². The average Bonchev–Trinajstić information content (AvgIpc) is 3.20. The van der Waals surface area contributed by atoms with Gasteiger partial charge in [-0.3, -0.25) is 4.79 Å². The first kappa shape index (κ1) is 26.3. The van der Waals surface area contributed by atoms with Gasteiger partial charge in [0.1, 0.15) is 12.4 Å². The topological polar surface area (TPSA) is 79.3 Å². The lowest BCUT2D eigenvalue weighted by Crippen LogP contribution is -2.41. The number of anilines is 2. The minimum atomic E-state index is -0.313. The van der Waals surface area contributed by atoms with Crippen molar-refractivity contribution in [2.24, 2.45) is 0 Å². The number of urea groups is 1. The number of hydrogen-bond donors (Lipinski definition) is 2. The minimum absolute atomic E-state index is 0.0822. The summed E-state index contributed by atoms with van der Waals surface area (Å²) in [5.74, 6) is 0.234. The van der Waals surface area contributed by atoms with E-state index in [0.29, 0.717) is 23.1 Å². The molecule has 3 aromatic rings.